The van der Waals surface area contributed by atoms with Crippen LogP contribution in [-0.2, 0) is 14.4 Å². The SMILES string of the molecule is CC(=O)Nc1ccc(NC(=O)CSc2ccc(NC(=O)/C(=C/c3ccc(Cl)cc3Cl)NC(=O)c3ccccc3)cc2)cc1. The average Bonchev–Trinajstić information content (AvgIpc) is 2.99. The fraction of sp³-hybridized carbons (Fsp3) is 0.0625. The Hall–Kier alpha value is -4.57. The van der Waals surface area contributed by atoms with Gasteiger partial charge in [-0.3, -0.25) is 19.2 Å². The number of halogens is 2. The maximum atomic E-state index is 13.3. The second-order valence-corrected chi connectivity index (χ2v) is 11.0. The van der Waals surface area contributed by atoms with Crippen molar-refractivity contribution >= 4 is 81.7 Å². The summed E-state index contributed by atoms with van der Waals surface area (Å²) in [7, 11) is 0. The van der Waals surface area contributed by atoms with Crippen LogP contribution < -0.4 is 21.3 Å². The molecule has 0 radical (unpaired) electrons. The Balaban J connectivity index is 1.38. The first-order chi connectivity index (χ1) is 20.7. The molecule has 0 bridgehead atoms. The molecule has 0 aliphatic rings. The van der Waals surface area contributed by atoms with E-state index in [1.54, 1.807) is 97.1 Å². The molecular formula is C32H26Cl2N4O4S. The Bertz CT molecular complexity index is 1660. The Morgan fingerprint density at radius 3 is 1.98 bits per heavy atom. The number of rotatable bonds is 10. The van der Waals surface area contributed by atoms with E-state index in [1.807, 2.05) is 0 Å². The van der Waals surface area contributed by atoms with Gasteiger partial charge >= 0.3 is 0 Å². The van der Waals surface area contributed by atoms with E-state index in [0.717, 1.165) is 4.90 Å². The maximum Gasteiger partial charge on any atom is 0.272 e. The van der Waals surface area contributed by atoms with Gasteiger partial charge in [0.15, 0.2) is 0 Å². The van der Waals surface area contributed by atoms with Crippen molar-refractivity contribution in [2.75, 3.05) is 21.7 Å². The lowest BCUT2D eigenvalue weighted by atomic mass is 10.1. The number of nitrogens with one attached hydrogen (secondary N) is 4. The lowest BCUT2D eigenvalue weighted by Gasteiger charge is -2.12. The second kappa shape index (κ2) is 15.1. The van der Waals surface area contributed by atoms with Crippen LogP contribution in [0.25, 0.3) is 6.08 Å². The molecule has 43 heavy (non-hydrogen) atoms. The number of thioether (sulfide) groups is 1. The van der Waals surface area contributed by atoms with Crippen molar-refractivity contribution in [3.8, 4) is 0 Å². The largest absolute Gasteiger partial charge is 0.326 e. The lowest BCUT2D eigenvalue weighted by Crippen LogP contribution is -2.30. The van der Waals surface area contributed by atoms with E-state index in [0.29, 0.717) is 38.2 Å². The van der Waals surface area contributed by atoms with Gasteiger partial charge in [0.25, 0.3) is 11.8 Å². The third-order valence-corrected chi connectivity index (χ3v) is 7.34. The molecule has 4 aromatic rings. The number of benzene rings is 4. The summed E-state index contributed by atoms with van der Waals surface area (Å²) < 4.78 is 0. The molecule has 0 aliphatic carbocycles. The van der Waals surface area contributed by atoms with E-state index >= 15 is 0 Å². The summed E-state index contributed by atoms with van der Waals surface area (Å²) in [6, 6.07) is 27.1. The molecule has 11 heteroatoms. The quantitative estimate of drug-likeness (QED) is 0.110. The lowest BCUT2D eigenvalue weighted by molar-refractivity contribution is -0.114. The summed E-state index contributed by atoms with van der Waals surface area (Å²) in [5.74, 6) is -1.22. The van der Waals surface area contributed by atoms with Gasteiger partial charge in [0.2, 0.25) is 11.8 Å². The zero-order chi connectivity index (χ0) is 30.8. The predicted octanol–water partition coefficient (Wildman–Crippen LogP) is 7.09. The fourth-order valence-electron chi connectivity index (χ4n) is 3.74. The smallest absolute Gasteiger partial charge is 0.272 e. The van der Waals surface area contributed by atoms with Gasteiger partial charge in [-0.05, 0) is 84.4 Å². The Morgan fingerprint density at radius 1 is 0.744 bits per heavy atom. The fourth-order valence-corrected chi connectivity index (χ4v) is 4.90. The van der Waals surface area contributed by atoms with E-state index < -0.39 is 11.8 Å². The van der Waals surface area contributed by atoms with E-state index in [9.17, 15) is 19.2 Å². The molecule has 0 unspecified atom stereocenters. The summed E-state index contributed by atoms with van der Waals surface area (Å²) in [6.45, 7) is 1.42. The number of amides is 4. The summed E-state index contributed by atoms with van der Waals surface area (Å²) in [6.07, 6.45) is 1.48. The van der Waals surface area contributed by atoms with Crippen LogP contribution in [0, 0.1) is 0 Å². The minimum Gasteiger partial charge on any atom is -0.326 e. The molecule has 0 saturated carbocycles. The van der Waals surface area contributed by atoms with Crippen molar-refractivity contribution < 1.29 is 19.2 Å². The van der Waals surface area contributed by atoms with Gasteiger partial charge in [-0.2, -0.15) is 0 Å². The molecule has 4 aromatic carbocycles. The normalized spacial score (nSPS) is 10.9. The molecule has 4 rings (SSSR count). The van der Waals surface area contributed by atoms with E-state index in [1.165, 1.54) is 24.8 Å². The highest BCUT2D eigenvalue weighted by molar-refractivity contribution is 8.00. The molecule has 0 aliphatic heterocycles. The topological polar surface area (TPSA) is 116 Å². The third kappa shape index (κ3) is 9.75. The van der Waals surface area contributed by atoms with Crippen molar-refractivity contribution in [1.82, 2.24) is 5.32 Å². The first-order valence-corrected chi connectivity index (χ1v) is 14.7. The zero-order valence-corrected chi connectivity index (χ0v) is 25.1. The first kappa shape index (κ1) is 31.4. The van der Waals surface area contributed by atoms with Gasteiger partial charge in [-0.1, -0.05) is 47.5 Å². The Kier molecular flexibility index (Phi) is 11.0. The van der Waals surface area contributed by atoms with E-state index in [4.69, 9.17) is 23.2 Å². The number of hydrogen-bond donors (Lipinski definition) is 4. The molecule has 4 amide bonds. The van der Waals surface area contributed by atoms with Gasteiger partial charge < -0.3 is 21.3 Å². The van der Waals surface area contributed by atoms with Crippen LogP contribution in [0.5, 0.6) is 0 Å². The van der Waals surface area contributed by atoms with Crippen LogP contribution >= 0.6 is 35.0 Å². The highest BCUT2D eigenvalue weighted by Crippen LogP contribution is 2.24. The molecule has 0 fully saturated rings. The average molecular weight is 634 g/mol. The molecule has 0 saturated heterocycles. The van der Waals surface area contributed by atoms with Crippen molar-refractivity contribution in [2.24, 2.45) is 0 Å². The van der Waals surface area contributed by atoms with Crippen molar-refractivity contribution in [2.45, 2.75) is 11.8 Å². The van der Waals surface area contributed by atoms with E-state index in [2.05, 4.69) is 21.3 Å². The minimum atomic E-state index is -0.556. The van der Waals surface area contributed by atoms with Crippen LogP contribution in [-0.4, -0.2) is 29.4 Å². The molecule has 0 spiro atoms. The summed E-state index contributed by atoms with van der Waals surface area (Å²) in [5, 5.41) is 11.7. The standard InChI is InChI=1S/C32H26Cl2N4O4S/c1-20(39)35-24-9-11-25(12-10-24)36-30(40)19-43-27-15-13-26(14-16-27)37-32(42)29(17-22-7-8-23(33)18-28(22)34)38-31(41)21-5-3-2-4-6-21/h2-18H,19H2,1H3,(H,35,39)(H,36,40)(H,37,42)(H,38,41)/b29-17-. The molecule has 0 atom stereocenters. The van der Waals surface area contributed by atoms with Crippen LogP contribution in [0.2, 0.25) is 10.0 Å². The summed E-state index contributed by atoms with van der Waals surface area (Å²) >= 11 is 13.6. The summed E-state index contributed by atoms with van der Waals surface area (Å²) in [5.41, 5.74) is 2.61. The number of anilines is 3. The van der Waals surface area contributed by atoms with Crippen LogP contribution in [0.15, 0.2) is 108 Å². The Morgan fingerprint density at radius 2 is 1.35 bits per heavy atom. The van der Waals surface area contributed by atoms with Crippen LogP contribution in [0.3, 0.4) is 0 Å². The zero-order valence-electron chi connectivity index (χ0n) is 22.8. The molecule has 218 valence electrons. The minimum absolute atomic E-state index is 0.0155. The molecular weight excluding hydrogens is 607 g/mol. The molecule has 8 nitrogen and oxygen atoms in total. The van der Waals surface area contributed by atoms with Crippen molar-refractivity contribution in [1.29, 1.82) is 0 Å². The number of carbonyl (C=O) groups is 4. The van der Waals surface area contributed by atoms with Crippen LogP contribution in [0.4, 0.5) is 17.1 Å². The second-order valence-electron chi connectivity index (χ2n) is 9.12. The monoisotopic (exact) mass is 632 g/mol. The number of hydrogen-bond acceptors (Lipinski definition) is 5. The highest BCUT2D eigenvalue weighted by Gasteiger charge is 2.16. The first-order valence-electron chi connectivity index (χ1n) is 12.9. The van der Waals surface area contributed by atoms with Crippen LogP contribution in [0.1, 0.15) is 22.8 Å². The van der Waals surface area contributed by atoms with Crippen molar-refractivity contribution in [3.05, 3.63) is 124 Å². The van der Waals surface area contributed by atoms with Gasteiger partial charge in [-0.25, -0.2) is 0 Å². The molecule has 0 aromatic heterocycles. The van der Waals surface area contributed by atoms with Gasteiger partial charge in [0, 0.05) is 44.5 Å². The maximum absolute atomic E-state index is 13.3. The van der Waals surface area contributed by atoms with E-state index in [-0.39, 0.29) is 23.3 Å². The summed E-state index contributed by atoms with van der Waals surface area (Å²) in [4.78, 5) is 50.5. The predicted molar refractivity (Wildman–Crippen MR) is 174 cm³/mol. The third-order valence-electron chi connectivity index (χ3n) is 5.76. The number of carbonyl (C=O) groups excluding carboxylic acids is 4. The van der Waals surface area contributed by atoms with Crippen molar-refractivity contribution in [3.63, 3.8) is 0 Å². The highest BCUT2D eigenvalue weighted by atomic mass is 35.5. The molecule has 4 N–H and O–H groups in total. The van der Waals surface area contributed by atoms with Gasteiger partial charge in [0.1, 0.15) is 5.70 Å². The molecule has 0 heterocycles. The van der Waals surface area contributed by atoms with Gasteiger partial charge in [0.05, 0.1) is 5.75 Å². The van der Waals surface area contributed by atoms with Gasteiger partial charge in [-0.15, -0.1) is 11.8 Å². The Labute approximate surface area is 262 Å².